The molecule has 23 heteroatoms. The lowest BCUT2D eigenvalue weighted by atomic mass is 9.75. The number of hydrogen-bond donors (Lipinski definition) is 10. The van der Waals surface area contributed by atoms with Gasteiger partial charge in [0.15, 0.2) is 17.9 Å². The van der Waals surface area contributed by atoms with Gasteiger partial charge in [0.05, 0.1) is 79.1 Å². The Labute approximate surface area is 418 Å². The molecule has 1 aliphatic carbocycles. The highest BCUT2D eigenvalue weighted by Gasteiger charge is 2.47. The molecule has 10 N–H and O–H groups in total. The molecular formula is C49H76O23. The number of carbonyl (C=O) groups excluding carboxylic acids is 2. The van der Waals surface area contributed by atoms with E-state index in [1.54, 1.807) is 27.7 Å². The van der Waals surface area contributed by atoms with Crippen LogP contribution in [0.25, 0.3) is 10.8 Å². The monoisotopic (exact) mass is 1030 g/mol. The average Bonchev–Trinajstić information content (AvgIpc) is 3.33. The summed E-state index contributed by atoms with van der Waals surface area (Å²) < 4.78 is 62.8. The highest BCUT2D eigenvalue weighted by molar-refractivity contribution is 6.11. The molecule has 2 saturated heterocycles. The third-order valence-electron chi connectivity index (χ3n) is 13.6. The number of phenolic OH excluding ortho intramolecular Hbond substituents is 2. The third kappa shape index (κ3) is 14.6. The first kappa shape index (κ1) is 59.6. The molecule has 0 radical (unpaired) electrons. The Hall–Kier alpha value is -3.28. The predicted octanol–water partition coefficient (Wildman–Crippen LogP) is 0.356. The summed E-state index contributed by atoms with van der Waals surface area (Å²) in [4.78, 5) is 28.1. The molecule has 5 rings (SSSR count). The fourth-order valence-corrected chi connectivity index (χ4v) is 8.76. The molecule has 0 saturated carbocycles. The van der Waals surface area contributed by atoms with E-state index in [-0.39, 0.29) is 79.3 Å². The minimum atomic E-state index is -1.91. The average molecular weight is 1030 g/mol. The van der Waals surface area contributed by atoms with Crippen molar-refractivity contribution in [2.45, 2.75) is 191 Å². The van der Waals surface area contributed by atoms with Crippen LogP contribution >= 0.6 is 0 Å². The molecule has 0 aromatic heterocycles. The van der Waals surface area contributed by atoms with Gasteiger partial charge in [0.1, 0.15) is 80.4 Å². The van der Waals surface area contributed by atoms with Crippen LogP contribution < -0.4 is 4.74 Å². The molecule has 0 bridgehead atoms. The van der Waals surface area contributed by atoms with Crippen molar-refractivity contribution in [3.63, 3.8) is 0 Å². The summed E-state index contributed by atoms with van der Waals surface area (Å²) in [5.41, 5.74) is 0.131. The Balaban J connectivity index is 1.27. The highest BCUT2D eigenvalue weighted by Crippen LogP contribution is 2.47. The number of ether oxygens (including phenoxy) is 11. The van der Waals surface area contributed by atoms with Gasteiger partial charge in [-0.05, 0) is 84.4 Å². The zero-order valence-corrected chi connectivity index (χ0v) is 42.3. The largest absolute Gasteiger partial charge is 0.507 e. The molecule has 2 aliphatic heterocycles. The van der Waals surface area contributed by atoms with Crippen molar-refractivity contribution in [1.82, 2.24) is 0 Å². The van der Waals surface area contributed by atoms with Gasteiger partial charge in [-0.3, -0.25) is 9.59 Å². The molecule has 23 nitrogen and oxygen atoms in total. The predicted molar refractivity (Wildman–Crippen MR) is 250 cm³/mol. The van der Waals surface area contributed by atoms with Crippen molar-refractivity contribution in [2.75, 3.05) is 40.7 Å². The van der Waals surface area contributed by atoms with Gasteiger partial charge in [-0.15, -0.1) is 0 Å². The highest BCUT2D eigenvalue weighted by atomic mass is 16.7. The smallest absolute Gasteiger partial charge is 0.202 e. The molecule has 72 heavy (non-hydrogen) atoms. The molecule has 3 aliphatic rings. The summed E-state index contributed by atoms with van der Waals surface area (Å²) in [5.74, 6) is -3.89. The molecule has 0 amide bonds. The second-order valence-corrected chi connectivity index (χ2v) is 18.9. The van der Waals surface area contributed by atoms with Crippen LogP contribution in [0.3, 0.4) is 0 Å². The van der Waals surface area contributed by atoms with Gasteiger partial charge in [-0.2, -0.15) is 0 Å². The minimum absolute atomic E-state index is 0.0228. The molecular weight excluding hydrogens is 957 g/mol. The van der Waals surface area contributed by atoms with E-state index in [4.69, 9.17) is 52.1 Å². The molecule has 8 unspecified atom stereocenters. The maximum atomic E-state index is 14.5. The molecule has 2 fully saturated rings. The van der Waals surface area contributed by atoms with E-state index < -0.39 is 146 Å². The SMILES string of the molecule is CC[C@H](O)C(C)OCOC[C@@H](O)C(C)OCOC[C@H](O)C(C)OCO[C@@H]1C(=O)c2c(cc3cc(O[C@H]4CC(O[C@H]5CC(O)[C@H](O)C(C)O5)[C@H](O)C(C)O4)c(C)c(O)c3c2O)CC1[C@H](OC)C(=O)[C@@H](O)[C@@H](C)O. The Kier molecular flexibility index (Phi) is 22.3. The zero-order valence-electron chi connectivity index (χ0n) is 42.3. The number of phenols is 2. The Bertz CT molecular complexity index is 2040. The molecule has 2 heterocycles. The number of Topliss-reactive ketones (excluding diaryl/α,β-unsaturated/α-hetero) is 2. The fraction of sp³-hybridized carbons (Fsp3) is 0.755. The summed E-state index contributed by atoms with van der Waals surface area (Å²) >= 11 is 0. The quantitative estimate of drug-likeness (QED) is 0.0426. The van der Waals surface area contributed by atoms with E-state index in [0.29, 0.717) is 6.42 Å². The number of hydrogen-bond acceptors (Lipinski definition) is 23. The summed E-state index contributed by atoms with van der Waals surface area (Å²) in [6.45, 7) is 11.1. The van der Waals surface area contributed by atoms with E-state index in [9.17, 15) is 60.7 Å². The van der Waals surface area contributed by atoms with Crippen molar-refractivity contribution in [1.29, 1.82) is 0 Å². The van der Waals surface area contributed by atoms with E-state index in [2.05, 4.69) is 0 Å². The second kappa shape index (κ2) is 27.0. The Morgan fingerprint density at radius 1 is 0.778 bits per heavy atom. The minimum Gasteiger partial charge on any atom is -0.507 e. The summed E-state index contributed by atoms with van der Waals surface area (Å²) in [6.07, 6.45) is -19.1. The van der Waals surface area contributed by atoms with Gasteiger partial charge in [0.2, 0.25) is 6.29 Å². The van der Waals surface area contributed by atoms with Crippen LogP contribution in [0.1, 0.15) is 89.2 Å². The number of rotatable bonds is 27. The van der Waals surface area contributed by atoms with Crippen molar-refractivity contribution >= 4 is 22.3 Å². The van der Waals surface area contributed by atoms with Crippen LogP contribution in [0.15, 0.2) is 12.1 Å². The summed E-state index contributed by atoms with van der Waals surface area (Å²) in [5, 5.41) is 107. The van der Waals surface area contributed by atoms with E-state index in [1.807, 2.05) is 6.92 Å². The Morgan fingerprint density at radius 3 is 1.92 bits per heavy atom. The van der Waals surface area contributed by atoms with Gasteiger partial charge >= 0.3 is 0 Å². The van der Waals surface area contributed by atoms with Crippen molar-refractivity contribution < 1.29 is 113 Å². The van der Waals surface area contributed by atoms with Gasteiger partial charge < -0.3 is 103 Å². The molecule has 0 spiro atoms. The number of benzene rings is 2. The number of aromatic hydroxyl groups is 2. The number of fused-ring (bicyclic) bond motifs is 2. The summed E-state index contributed by atoms with van der Waals surface area (Å²) in [7, 11) is 1.18. The van der Waals surface area contributed by atoms with Gasteiger partial charge in [0.25, 0.3) is 0 Å². The van der Waals surface area contributed by atoms with Crippen LogP contribution in [0.5, 0.6) is 17.2 Å². The Morgan fingerprint density at radius 2 is 1.35 bits per heavy atom. The van der Waals surface area contributed by atoms with Crippen molar-refractivity contribution in [2.24, 2.45) is 5.92 Å². The van der Waals surface area contributed by atoms with E-state index >= 15 is 0 Å². The van der Waals surface area contributed by atoms with Crippen molar-refractivity contribution in [3.8, 4) is 17.2 Å². The van der Waals surface area contributed by atoms with Crippen molar-refractivity contribution in [3.05, 3.63) is 28.8 Å². The number of ketones is 2. The fourth-order valence-electron chi connectivity index (χ4n) is 8.76. The van der Waals surface area contributed by atoms with Crippen LogP contribution in [-0.2, 0) is 58.6 Å². The maximum absolute atomic E-state index is 14.5. The van der Waals surface area contributed by atoms with Gasteiger partial charge in [-0.25, -0.2) is 0 Å². The number of methoxy groups -OCH3 is 1. The lowest BCUT2D eigenvalue weighted by molar-refractivity contribution is -0.298. The molecule has 19 atom stereocenters. The topological polar surface area (TPSA) is 338 Å². The summed E-state index contributed by atoms with van der Waals surface area (Å²) in [6, 6.07) is 3.03. The second-order valence-electron chi connectivity index (χ2n) is 18.9. The maximum Gasteiger partial charge on any atom is 0.202 e. The molecule has 410 valence electrons. The number of aliphatic hydroxyl groups is 8. The van der Waals surface area contributed by atoms with Gasteiger partial charge in [-0.1, -0.05) is 6.92 Å². The van der Waals surface area contributed by atoms with Crippen LogP contribution in [0.4, 0.5) is 0 Å². The first-order valence-corrected chi connectivity index (χ1v) is 24.3. The zero-order chi connectivity index (χ0) is 53.3. The first-order chi connectivity index (χ1) is 34.0. The van der Waals surface area contributed by atoms with Crippen LogP contribution in [-0.4, -0.2) is 214 Å². The number of carbonyl (C=O) groups is 2. The lowest BCUT2D eigenvalue weighted by Crippen LogP contribution is -2.53. The number of aliphatic hydroxyl groups excluding tert-OH is 8. The van der Waals surface area contributed by atoms with Crippen LogP contribution in [0.2, 0.25) is 0 Å². The van der Waals surface area contributed by atoms with Gasteiger partial charge in [0, 0.05) is 31.4 Å². The van der Waals surface area contributed by atoms with Crippen LogP contribution in [0, 0.1) is 12.8 Å². The molecule has 2 aromatic rings. The normalized spacial score (nSPS) is 29.7. The standard InChI is InChI=1S/C49H76O23/c1-10-31(51)23(4)65-18-63-16-33(53)24(5)66-19-64-17-34(54)25(6)67-20-68-49-30(48(62-9)47(61)42(56)22(3)50)12-28-11-29-13-35(21(2)41(55)39(29)45(59)40(28)46(49)60)71-38-15-36(44(58)27(8)70-38)72-37-14-32(52)43(57)26(7)69-37/h11,13,22-27,30-34,36-38,42-44,48-59H,10,12,14-20H2,1-9H3/t22-,23?,24?,25?,26?,27?,30?,31+,32?,33-,34+,36?,37+,38+,42+,43-,44-,48+,49+/m1/s1. The first-order valence-electron chi connectivity index (χ1n) is 24.3. The van der Waals surface area contributed by atoms with E-state index in [0.717, 1.165) is 0 Å². The lowest BCUT2D eigenvalue weighted by Gasteiger charge is -2.41. The van der Waals surface area contributed by atoms with E-state index in [1.165, 1.54) is 40.0 Å². The molecule has 2 aromatic carbocycles. The third-order valence-corrected chi connectivity index (χ3v) is 13.6.